The van der Waals surface area contributed by atoms with E-state index in [0.29, 0.717) is 12.5 Å². The third-order valence-corrected chi connectivity index (χ3v) is 3.93. The Labute approximate surface area is 148 Å². The summed E-state index contributed by atoms with van der Waals surface area (Å²) in [6.45, 7) is 4.02. The summed E-state index contributed by atoms with van der Waals surface area (Å²) in [5.74, 6) is 0.480. The van der Waals surface area contributed by atoms with Crippen molar-refractivity contribution in [3.05, 3.63) is 63.3 Å². The molecule has 134 valence electrons. The molecule has 1 aromatic carbocycles. The molecule has 3 aromatic rings. The normalized spacial score (nSPS) is 11.3. The van der Waals surface area contributed by atoms with Crippen LogP contribution in [0.3, 0.4) is 0 Å². The summed E-state index contributed by atoms with van der Waals surface area (Å²) < 4.78 is 3.95. The van der Waals surface area contributed by atoms with Crippen molar-refractivity contribution in [3.63, 3.8) is 0 Å². The molecule has 26 heavy (non-hydrogen) atoms. The molecule has 3 rings (SSSR count). The Kier molecular flexibility index (Phi) is 4.44. The van der Waals surface area contributed by atoms with Crippen LogP contribution in [0, 0.1) is 0 Å². The third kappa shape index (κ3) is 2.90. The van der Waals surface area contributed by atoms with Crippen molar-refractivity contribution in [3.8, 4) is 5.75 Å². The SMILES string of the molecule is C=CCn1c(NN=Cc2ccc(O)cc2)nc2c1c(=O)n(C)c(=O)n2C. The summed E-state index contributed by atoms with van der Waals surface area (Å²) in [5.41, 5.74) is 3.22. The molecule has 2 heterocycles. The van der Waals surface area contributed by atoms with Crippen LogP contribution < -0.4 is 16.7 Å². The minimum Gasteiger partial charge on any atom is -0.508 e. The number of anilines is 1. The molecule has 0 spiro atoms. The summed E-state index contributed by atoms with van der Waals surface area (Å²) in [4.78, 5) is 28.9. The third-order valence-electron chi connectivity index (χ3n) is 3.93. The van der Waals surface area contributed by atoms with Gasteiger partial charge in [0.2, 0.25) is 5.95 Å². The molecule has 0 unspecified atom stereocenters. The minimum atomic E-state index is -0.454. The quantitative estimate of drug-likeness (QED) is 0.400. The molecule has 0 saturated carbocycles. The first-order valence-electron chi connectivity index (χ1n) is 7.79. The van der Waals surface area contributed by atoms with Gasteiger partial charge in [0.05, 0.1) is 6.21 Å². The van der Waals surface area contributed by atoms with E-state index in [-0.39, 0.29) is 16.9 Å². The van der Waals surface area contributed by atoms with E-state index >= 15 is 0 Å². The van der Waals surface area contributed by atoms with Crippen LogP contribution in [0.1, 0.15) is 5.56 Å². The number of hydrogen-bond donors (Lipinski definition) is 2. The fourth-order valence-electron chi connectivity index (χ4n) is 2.56. The molecule has 2 N–H and O–H groups in total. The Morgan fingerprint density at radius 2 is 1.92 bits per heavy atom. The number of benzene rings is 1. The molecule has 0 bridgehead atoms. The van der Waals surface area contributed by atoms with Gasteiger partial charge in [0.25, 0.3) is 5.56 Å². The molecule has 9 heteroatoms. The highest BCUT2D eigenvalue weighted by molar-refractivity contribution is 5.80. The van der Waals surface area contributed by atoms with E-state index in [1.54, 1.807) is 48.2 Å². The molecule has 0 fully saturated rings. The Morgan fingerprint density at radius 1 is 1.23 bits per heavy atom. The zero-order chi connectivity index (χ0) is 18.8. The molecule has 0 aliphatic heterocycles. The highest BCUT2D eigenvalue weighted by Crippen LogP contribution is 2.15. The minimum absolute atomic E-state index is 0.166. The van der Waals surface area contributed by atoms with Gasteiger partial charge in [-0.1, -0.05) is 6.08 Å². The topological polar surface area (TPSA) is 106 Å². The highest BCUT2D eigenvalue weighted by atomic mass is 16.3. The molecular formula is C17H18N6O3. The van der Waals surface area contributed by atoms with Crippen LogP contribution in [0.2, 0.25) is 0 Å². The fraction of sp³-hybridized carbons (Fsp3) is 0.176. The lowest BCUT2D eigenvalue weighted by molar-refractivity contribution is 0.475. The van der Waals surface area contributed by atoms with Gasteiger partial charge in [-0.25, -0.2) is 10.2 Å². The van der Waals surface area contributed by atoms with Crippen molar-refractivity contribution in [1.29, 1.82) is 0 Å². The van der Waals surface area contributed by atoms with Gasteiger partial charge in [0, 0.05) is 20.6 Å². The molecule has 0 radical (unpaired) electrons. The Hall–Kier alpha value is -3.62. The van der Waals surface area contributed by atoms with Crippen LogP contribution in [-0.2, 0) is 20.6 Å². The first kappa shape index (κ1) is 17.2. The lowest BCUT2D eigenvalue weighted by Gasteiger charge is -2.06. The van der Waals surface area contributed by atoms with E-state index in [2.05, 4.69) is 22.1 Å². The number of nitrogens with one attached hydrogen (secondary N) is 1. The summed E-state index contributed by atoms with van der Waals surface area (Å²) in [5, 5.41) is 13.4. The number of imidazole rings is 1. The van der Waals surface area contributed by atoms with Crippen molar-refractivity contribution in [2.24, 2.45) is 19.2 Å². The molecule has 9 nitrogen and oxygen atoms in total. The molecule has 0 aliphatic carbocycles. The Morgan fingerprint density at radius 3 is 2.58 bits per heavy atom. The van der Waals surface area contributed by atoms with Crippen LogP contribution >= 0.6 is 0 Å². The van der Waals surface area contributed by atoms with Crippen molar-refractivity contribution in [2.75, 3.05) is 5.43 Å². The van der Waals surface area contributed by atoms with E-state index in [9.17, 15) is 14.7 Å². The van der Waals surface area contributed by atoms with Gasteiger partial charge < -0.3 is 5.11 Å². The predicted octanol–water partition coefficient (Wildman–Crippen LogP) is 0.771. The number of allylic oxidation sites excluding steroid dienone is 1. The van der Waals surface area contributed by atoms with Crippen molar-refractivity contribution in [2.45, 2.75) is 6.54 Å². The smallest absolute Gasteiger partial charge is 0.332 e. The second kappa shape index (κ2) is 6.71. The molecular weight excluding hydrogens is 336 g/mol. The summed E-state index contributed by atoms with van der Waals surface area (Å²) in [6.07, 6.45) is 3.18. The summed E-state index contributed by atoms with van der Waals surface area (Å²) in [7, 11) is 2.98. The van der Waals surface area contributed by atoms with Crippen LogP contribution in [-0.4, -0.2) is 30.0 Å². The number of hydrogen-bond acceptors (Lipinski definition) is 6. The van der Waals surface area contributed by atoms with E-state index in [4.69, 9.17) is 0 Å². The number of nitrogens with zero attached hydrogens (tertiary/aromatic N) is 5. The van der Waals surface area contributed by atoms with Gasteiger partial charge in [0.1, 0.15) is 5.75 Å². The molecule has 0 aliphatic rings. The number of phenolic OH excluding ortho intramolecular Hbond substituents is 1. The molecule has 2 aromatic heterocycles. The van der Waals surface area contributed by atoms with Crippen LogP contribution in [0.15, 0.2) is 51.6 Å². The summed E-state index contributed by atoms with van der Waals surface area (Å²) >= 11 is 0. The largest absolute Gasteiger partial charge is 0.508 e. The Bertz CT molecular complexity index is 1120. The van der Waals surface area contributed by atoms with Gasteiger partial charge >= 0.3 is 5.69 Å². The van der Waals surface area contributed by atoms with E-state index in [0.717, 1.165) is 10.1 Å². The lowest BCUT2D eigenvalue weighted by Crippen LogP contribution is -2.37. The number of fused-ring (bicyclic) bond motifs is 1. The van der Waals surface area contributed by atoms with Gasteiger partial charge in [-0.15, -0.1) is 6.58 Å². The number of rotatable bonds is 5. The second-order valence-corrected chi connectivity index (χ2v) is 5.67. The average molecular weight is 354 g/mol. The first-order chi connectivity index (χ1) is 12.4. The molecule has 0 atom stereocenters. The van der Waals surface area contributed by atoms with Crippen molar-refractivity contribution in [1.82, 2.24) is 18.7 Å². The van der Waals surface area contributed by atoms with Crippen molar-refractivity contribution < 1.29 is 5.11 Å². The van der Waals surface area contributed by atoms with Crippen LogP contribution in [0.4, 0.5) is 5.95 Å². The van der Waals surface area contributed by atoms with Crippen LogP contribution in [0.25, 0.3) is 11.2 Å². The molecule has 0 saturated heterocycles. The maximum absolute atomic E-state index is 12.5. The van der Waals surface area contributed by atoms with Gasteiger partial charge in [0.15, 0.2) is 11.2 Å². The van der Waals surface area contributed by atoms with Gasteiger partial charge in [-0.2, -0.15) is 10.1 Å². The van der Waals surface area contributed by atoms with E-state index in [1.165, 1.54) is 11.6 Å². The average Bonchev–Trinajstić information content (AvgIpc) is 2.99. The number of hydrazone groups is 1. The monoisotopic (exact) mass is 354 g/mol. The van der Waals surface area contributed by atoms with E-state index in [1.807, 2.05) is 0 Å². The van der Waals surface area contributed by atoms with Crippen LogP contribution in [0.5, 0.6) is 5.75 Å². The van der Waals surface area contributed by atoms with Crippen molar-refractivity contribution >= 4 is 23.3 Å². The maximum atomic E-state index is 12.5. The number of aryl methyl sites for hydroxylation is 1. The standard InChI is InChI=1S/C17H18N6O3/c1-4-9-23-13-14(21(2)17(26)22(3)15(13)25)19-16(23)20-18-10-11-5-7-12(24)8-6-11/h4-8,10,24H,1,9H2,2-3H3,(H,19,20). The summed E-state index contributed by atoms with van der Waals surface area (Å²) in [6, 6.07) is 6.50. The van der Waals surface area contributed by atoms with Gasteiger partial charge in [-0.3, -0.25) is 18.5 Å². The lowest BCUT2D eigenvalue weighted by atomic mass is 10.2. The van der Waals surface area contributed by atoms with Gasteiger partial charge in [-0.05, 0) is 29.8 Å². The zero-order valence-electron chi connectivity index (χ0n) is 14.4. The second-order valence-electron chi connectivity index (χ2n) is 5.67. The first-order valence-corrected chi connectivity index (χ1v) is 7.79. The predicted molar refractivity (Wildman–Crippen MR) is 99.7 cm³/mol. The maximum Gasteiger partial charge on any atom is 0.332 e. The number of aromatic nitrogens is 4. The number of phenols is 1. The number of aromatic hydroxyl groups is 1. The molecule has 0 amide bonds. The fourth-order valence-corrected chi connectivity index (χ4v) is 2.56. The Balaban J connectivity index is 2.06. The zero-order valence-corrected chi connectivity index (χ0v) is 14.4. The van der Waals surface area contributed by atoms with E-state index < -0.39 is 11.2 Å². The highest BCUT2D eigenvalue weighted by Gasteiger charge is 2.18.